The van der Waals surface area contributed by atoms with E-state index in [1.165, 1.54) is 26.1 Å². The Hall–Kier alpha value is -0.0500. The molecule has 14 heavy (non-hydrogen) atoms. The molecular weight excluding hydrogens is 196 g/mol. The van der Waals surface area contributed by atoms with Crippen LogP contribution in [0.5, 0.6) is 0 Å². The van der Waals surface area contributed by atoms with Gasteiger partial charge in [-0.25, -0.2) is 0 Å². The second-order valence-corrected chi connectivity index (χ2v) is 4.24. The largest absolute Gasteiger partial charge is 0.301 e. The van der Waals surface area contributed by atoms with Gasteiger partial charge in [0, 0.05) is 38.1 Å². The molecule has 1 rings (SSSR count). The molecule has 0 radical (unpaired) electrons. The summed E-state index contributed by atoms with van der Waals surface area (Å²) in [6.45, 7) is 6.88. The molecule has 3 heteroatoms. The SMILES string of the molecule is CCC1CN(CC=CCCl)CCN1C. The minimum absolute atomic E-state index is 0.630. The van der Waals surface area contributed by atoms with E-state index < -0.39 is 0 Å². The van der Waals surface area contributed by atoms with E-state index in [-0.39, 0.29) is 0 Å². The van der Waals surface area contributed by atoms with Gasteiger partial charge in [0.05, 0.1) is 0 Å². The molecule has 2 nitrogen and oxygen atoms in total. The Morgan fingerprint density at radius 3 is 2.79 bits per heavy atom. The number of alkyl halides is 1. The molecule has 0 aromatic rings. The lowest BCUT2D eigenvalue weighted by Gasteiger charge is -2.38. The first-order chi connectivity index (χ1) is 6.77. The summed E-state index contributed by atoms with van der Waals surface area (Å²) in [6.07, 6.45) is 5.44. The molecule has 1 fully saturated rings. The number of rotatable bonds is 4. The van der Waals surface area contributed by atoms with Crippen molar-refractivity contribution in [1.29, 1.82) is 0 Å². The van der Waals surface area contributed by atoms with Gasteiger partial charge >= 0.3 is 0 Å². The lowest BCUT2D eigenvalue weighted by atomic mass is 10.1. The molecule has 1 aliphatic heterocycles. The zero-order valence-corrected chi connectivity index (χ0v) is 10.0. The van der Waals surface area contributed by atoms with Crippen molar-refractivity contribution in [2.24, 2.45) is 0 Å². The molecule has 1 heterocycles. The summed E-state index contributed by atoms with van der Waals surface area (Å²) < 4.78 is 0. The molecule has 0 amide bonds. The fourth-order valence-electron chi connectivity index (χ4n) is 1.90. The summed E-state index contributed by atoms with van der Waals surface area (Å²) in [4.78, 5) is 4.96. The lowest BCUT2D eigenvalue weighted by Crippen LogP contribution is -2.50. The normalized spacial score (nSPS) is 26.1. The van der Waals surface area contributed by atoms with Crippen LogP contribution in [0.25, 0.3) is 0 Å². The number of halogens is 1. The van der Waals surface area contributed by atoms with Gasteiger partial charge in [-0.05, 0) is 13.5 Å². The number of likely N-dealkylation sites (N-methyl/N-ethyl adjacent to an activating group) is 1. The number of allylic oxidation sites excluding steroid dienone is 1. The molecule has 1 aliphatic rings. The van der Waals surface area contributed by atoms with Crippen molar-refractivity contribution in [1.82, 2.24) is 9.80 Å². The number of nitrogens with zero attached hydrogens (tertiary/aromatic N) is 2. The van der Waals surface area contributed by atoms with E-state index in [1.807, 2.05) is 6.08 Å². The fourth-order valence-corrected chi connectivity index (χ4v) is 2.03. The van der Waals surface area contributed by atoms with Gasteiger partial charge in [-0.3, -0.25) is 4.90 Å². The lowest BCUT2D eigenvalue weighted by molar-refractivity contribution is 0.102. The van der Waals surface area contributed by atoms with Crippen molar-refractivity contribution in [3.05, 3.63) is 12.2 Å². The van der Waals surface area contributed by atoms with Crippen LogP contribution in [0.1, 0.15) is 13.3 Å². The Balaban J connectivity index is 2.31. The highest BCUT2D eigenvalue weighted by atomic mass is 35.5. The topological polar surface area (TPSA) is 6.48 Å². The third kappa shape index (κ3) is 3.60. The first-order valence-corrected chi connectivity index (χ1v) is 5.95. The number of hydrogen-bond acceptors (Lipinski definition) is 2. The van der Waals surface area contributed by atoms with Crippen LogP contribution >= 0.6 is 11.6 Å². The van der Waals surface area contributed by atoms with Gasteiger partial charge in [0.15, 0.2) is 0 Å². The molecular formula is C11H21ClN2. The monoisotopic (exact) mass is 216 g/mol. The Morgan fingerprint density at radius 1 is 1.36 bits per heavy atom. The van der Waals surface area contributed by atoms with Crippen molar-refractivity contribution in [3.63, 3.8) is 0 Å². The molecule has 0 N–H and O–H groups in total. The standard InChI is InChI=1S/C11H21ClN2/c1-3-11-10-14(7-5-4-6-12)9-8-13(11)2/h4-5,11H,3,6-10H2,1-2H3. The summed E-state index contributed by atoms with van der Waals surface area (Å²) in [7, 11) is 2.22. The molecule has 1 atom stereocenters. The van der Waals surface area contributed by atoms with Gasteiger partial charge in [0.25, 0.3) is 0 Å². The molecule has 0 aliphatic carbocycles. The number of hydrogen-bond donors (Lipinski definition) is 0. The van der Waals surface area contributed by atoms with E-state index in [4.69, 9.17) is 11.6 Å². The van der Waals surface area contributed by atoms with Gasteiger partial charge in [0.1, 0.15) is 0 Å². The van der Waals surface area contributed by atoms with Crippen molar-refractivity contribution in [3.8, 4) is 0 Å². The van der Waals surface area contributed by atoms with Crippen LogP contribution in [0.4, 0.5) is 0 Å². The fraction of sp³-hybridized carbons (Fsp3) is 0.818. The average Bonchev–Trinajstić information content (AvgIpc) is 2.21. The Bertz CT molecular complexity index is 182. The summed E-state index contributed by atoms with van der Waals surface area (Å²) in [6, 6.07) is 0.730. The van der Waals surface area contributed by atoms with Crippen LogP contribution in [0, 0.1) is 0 Å². The highest BCUT2D eigenvalue weighted by Gasteiger charge is 2.21. The zero-order chi connectivity index (χ0) is 10.4. The first kappa shape index (κ1) is 12.0. The van der Waals surface area contributed by atoms with Crippen LogP contribution < -0.4 is 0 Å². The molecule has 1 saturated heterocycles. The van der Waals surface area contributed by atoms with E-state index in [9.17, 15) is 0 Å². The van der Waals surface area contributed by atoms with Crippen LogP contribution in [-0.4, -0.2) is 54.9 Å². The van der Waals surface area contributed by atoms with Crippen LogP contribution in [-0.2, 0) is 0 Å². The molecule has 0 bridgehead atoms. The zero-order valence-electron chi connectivity index (χ0n) is 9.25. The maximum Gasteiger partial charge on any atom is 0.0404 e. The third-order valence-corrected chi connectivity index (χ3v) is 3.13. The van der Waals surface area contributed by atoms with Crippen LogP contribution in [0.3, 0.4) is 0 Å². The van der Waals surface area contributed by atoms with Gasteiger partial charge in [-0.2, -0.15) is 0 Å². The number of piperazine rings is 1. The van der Waals surface area contributed by atoms with Crippen LogP contribution in [0.15, 0.2) is 12.2 Å². The molecule has 82 valence electrons. The molecule has 0 aromatic carbocycles. The maximum atomic E-state index is 5.58. The third-order valence-electron chi connectivity index (χ3n) is 2.95. The van der Waals surface area contributed by atoms with E-state index in [2.05, 4.69) is 29.8 Å². The predicted octanol–water partition coefficient (Wildman–Crippen LogP) is 1.81. The van der Waals surface area contributed by atoms with Gasteiger partial charge in [-0.1, -0.05) is 19.1 Å². The summed E-state index contributed by atoms with van der Waals surface area (Å²) >= 11 is 5.58. The van der Waals surface area contributed by atoms with Crippen molar-refractivity contribution < 1.29 is 0 Å². The Kier molecular flexibility index (Phi) is 5.53. The van der Waals surface area contributed by atoms with Gasteiger partial charge in [-0.15, -0.1) is 11.6 Å². The average molecular weight is 217 g/mol. The molecule has 0 aromatic heterocycles. The second-order valence-electron chi connectivity index (χ2n) is 3.93. The minimum Gasteiger partial charge on any atom is -0.301 e. The van der Waals surface area contributed by atoms with Crippen LogP contribution in [0.2, 0.25) is 0 Å². The summed E-state index contributed by atoms with van der Waals surface area (Å²) in [5.41, 5.74) is 0. The highest BCUT2D eigenvalue weighted by Crippen LogP contribution is 2.10. The van der Waals surface area contributed by atoms with Gasteiger partial charge < -0.3 is 4.90 Å². The smallest absolute Gasteiger partial charge is 0.0404 e. The van der Waals surface area contributed by atoms with Crippen molar-refractivity contribution in [2.45, 2.75) is 19.4 Å². The minimum atomic E-state index is 0.630. The summed E-state index contributed by atoms with van der Waals surface area (Å²) in [5.74, 6) is 0.630. The predicted molar refractivity (Wildman–Crippen MR) is 63.0 cm³/mol. The Labute approximate surface area is 92.5 Å². The summed E-state index contributed by atoms with van der Waals surface area (Å²) in [5, 5.41) is 0. The highest BCUT2D eigenvalue weighted by molar-refractivity contribution is 6.18. The molecule has 0 spiro atoms. The van der Waals surface area contributed by atoms with Crippen molar-refractivity contribution in [2.75, 3.05) is 39.1 Å². The van der Waals surface area contributed by atoms with Crippen molar-refractivity contribution >= 4 is 11.6 Å². The molecule has 1 unspecified atom stereocenters. The van der Waals surface area contributed by atoms with E-state index in [0.29, 0.717) is 5.88 Å². The Morgan fingerprint density at radius 2 is 2.14 bits per heavy atom. The van der Waals surface area contributed by atoms with E-state index in [0.717, 1.165) is 12.6 Å². The quantitative estimate of drug-likeness (QED) is 0.523. The van der Waals surface area contributed by atoms with E-state index in [1.54, 1.807) is 0 Å². The molecule has 0 saturated carbocycles. The van der Waals surface area contributed by atoms with E-state index >= 15 is 0 Å². The van der Waals surface area contributed by atoms with Gasteiger partial charge in [0.2, 0.25) is 0 Å². The maximum absolute atomic E-state index is 5.58. The first-order valence-electron chi connectivity index (χ1n) is 5.41. The second kappa shape index (κ2) is 6.44.